The van der Waals surface area contributed by atoms with Gasteiger partial charge in [0.05, 0.1) is 0 Å². The number of anilines is 1. The Labute approximate surface area is 121 Å². The molecule has 0 spiro atoms. The zero-order valence-electron chi connectivity index (χ0n) is 10.6. The van der Waals surface area contributed by atoms with Crippen LogP contribution >= 0.6 is 22.9 Å². The summed E-state index contributed by atoms with van der Waals surface area (Å²) < 4.78 is 1.33. The molecule has 0 atom stereocenters. The first kappa shape index (κ1) is 12.5. The molecule has 1 N–H and O–H groups in total. The van der Waals surface area contributed by atoms with Gasteiger partial charge < -0.3 is 5.32 Å². The maximum absolute atomic E-state index is 6.13. The molecular weight excluding hydrogens is 274 g/mol. The van der Waals surface area contributed by atoms with Crippen molar-refractivity contribution in [3.8, 4) is 0 Å². The predicted octanol–water partition coefficient (Wildman–Crippen LogP) is 5.48. The Morgan fingerprint density at radius 2 is 2.00 bits per heavy atom. The highest BCUT2D eigenvalue weighted by atomic mass is 35.5. The molecular formula is C16H14ClNS. The van der Waals surface area contributed by atoms with E-state index in [2.05, 4.69) is 41.0 Å². The largest absolute Gasteiger partial charge is 0.381 e. The third-order valence-corrected chi connectivity index (χ3v) is 4.64. The number of fused-ring (bicyclic) bond motifs is 1. The molecule has 0 aliphatic carbocycles. The number of halogens is 1. The molecule has 3 rings (SSSR count). The number of hydrogen-bond acceptors (Lipinski definition) is 2. The van der Waals surface area contributed by atoms with Crippen molar-refractivity contribution in [1.82, 2.24) is 0 Å². The molecule has 0 bridgehead atoms. The number of benzene rings is 2. The van der Waals surface area contributed by atoms with E-state index in [1.165, 1.54) is 15.6 Å². The first-order valence-electron chi connectivity index (χ1n) is 6.19. The minimum atomic E-state index is 0.806. The normalized spacial score (nSPS) is 10.8. The van der Waals surface area contributed by atoms with Crippen LogP contribution in [0.2, 0.25) is 5.02 Å². The molecule has 0 radical (unpaired) electrons. The fraction of sp³-hybridized carbons (Fsp3) is 0.125. The van der Waals surface area contributed by atoms with Gasteiger partial charge in [-0.25, -0.2) is 0 Å². The number of aryl methyl sites for hydroxylation is 1. The molecule has 0 fully saturated rings. The molecule has 96 valence electrons. The summed E-state index contributed by atoms with van der Waals surface area (Å²) in [5, 5.41) is 7.78. The van der Waals surface area contributed by atoms with E-state index in [0.29, 0.717) is 0 Å². The van der Waals surface area contributed by atoms with Gasteiger partial charge in [-0.2, -0.15) is 0 Å². The molecule has 1 aromatic heterocycles. The Kier molecular flexibility index (Phi) is 3.45. The predicted molar refractivity (Wildman–Crippen MR) is 85.3 cm³/mol. The van der Waals surface area contributed by atoms with Crippen molar-refractivity contribution in [3.63, 3.8) is 0 Å². The second kappa shape index (κ2) is 5.24. The molecule has 0 amide bonds. The van der Waals surface area contributed by atoms with Crippen LogP contribution in [0.3, 0.4) is 0 Å². The highest BCUT2D eigenvalue weighted by molar-refractivity contribution is 7.17. The van der Waals surface area contributed by atoms with Gasteiger partial charge in [0.15, 0.2) is 0 Å². The highest BCUT2D eigenvalue weighted by Gasteiger charge is 2.03. The van der Waals surface area contributed by atoms with E-state index >= 15 is 0 Å². The van der Waals surface area contributed by atoms with E-state index in [4.69, 9.17) is 11.6 Å². The molecule has 0 saturated heterocycles. The number of thiophene rings is 1. The molecule has 3 aromatic rings. The zero-order chi connectivity index (χ0) is 13.2. The first-order valence-corrected chi connectivity index (χ1v) is 7.45. The summed E-state index contributed by atoms with van der Waals surface area (Å²) in [6.07, 6.45) is 0. The van der Waals surface area contributed by atoms with Crippen LogP contribution in [0.15, 0.2) is 47.8 Å². The fourth-order valence-electron chi connectivity index (χ4n) is 2.07. The van der Waals surface area contributed by atoms with Crippen molar-refractivity contribution in [2.75, 3.05) is 5.32 Å². The summed E-state index contributed by atoms with van der Waals surface area (Å²) in [5.74, 6) is 0. The number of rotatable bonds is 3. The SMILES string of the molecule is Cc1ccc(NCc2csc3ccccc23)cc1Cl. The molecule has 3 heteroatoms. The lowest BCUT2D eigenvalue weighted by molar-refractivity contribution is 1.18. The quantitative estimate of drug-likeness (QED) is 0.673. The number of hydrogen-bond donors (Lipinski definition) is 1. The maximum atomic E-state index is 6.13. The van der Waals surface area contributed by atoms with Crippen molar-refractivity contribution in [1.29, 1.82) is 0 Å². The molecule has 2 aromatic carbocycles. The lowest BCUT2D eigenvalue weighted by Gasteiger charge is -2.07. The molecule has 0 unspecified atom stereocenters. The maximum Gasteiger partial charge on any atom is 0.0455 e. The average Bonchev–Trinajstić information content (AvgIpc) is 2.83. The van der Waals surface area contributed by atoms with Crippen LogP contribution in [-0.4, -0.2) is 0 Å². The van der Waals surface area contributed by atoms with E-state index in [1.807, 2.05) is 19.1 Å². The monoisotopic (exact) mass is 287 g/mol. The minimum Gasteiger partial charge on any atom is -0.381 e. The van der Waals surface area contributed by atoms with Gasteiger partial charge in [-0.1, -0.05) is 35.9 Å². The molecule has 0 aliphatic rings. The Balaban J connectivity index is 1.80. The van der Waals surface area contributed by atoms with Gasteiger partial charge in [0.2, 0.25) is 0 Å². The van der Waals surface area contributed by atoms with Gasteiger partial charge in [-0.05, 0) is 47.0 Å². The molecule has 1 heterocycles. The lowest BCUT2D eigenvalue weighted by atomic mass is 10.1. The second-order valence-corrected chi connectivity index (χ2v) is 5.89. The molecule has 1 nitrogen and oxygen atoms in total. The highest BCUT2D eigenvalue weighted by Crippen LogP contribution is 2.27. The summed E-state index contributed by atoms with van der Waals surface area (Å²) in [6, 6.07) is 14.6. The number of nitrogens with one attached hydrogen (secondary N) is 1. The Hall–Kier alpha value is -1.51. The van der Waals surface area contributed by atoms with E-state index in [1.54, 1.807) is 11.3 Å². The van der Waals surface area contributed by atoms with Gasteiger partial charge >= 0.3 is 0 Å². The van der Waals surface area contributed by atoms with Crippen molar-refractivity contribution >= 4 is 38.7 Å². The van der Waals surface area contributed by atoms with E-state index in [-0.39, 0.29) is 0 Å². The molecule has 19 heavy (non-hydrogen) atoms. The summed E-state index contributed by atoms with van der Waals surface area (Å²) in [6.45, 7) is 2.84. The Bertz CT molecular complexity index is 718. The minimum absolute atomic E-state index is 0.806. The summed E-state index contributed by atoms with van der Waals surface area (Å²) >= 11 is 7.92. The summed E-state index contributed by atoms with van der Waals surface area (Å²) in [5.41, 5.74) is 3.50. The van der Waals surface area contributed by atoms with Gasteiger partial charge in [0.1, 0.15) is 0 Å². The smallest absolute Gasteiger partial charge is 0.0455 e. The van der Waals surface area contributed by atoms with Crippen molar-refractivity contribution < 1.29 is 0 Å². The van der Waals surface area contributed by atoms with Crippen LogP contribution < -0.4 is 5.32 Å². The van der Waals surface area contributed by atoms with Gasteiger partial charge in [-0.15, -0.1) is 11.3 Å². The Morgan fingerprint density at radius 1 is 1.16 bits per heavy atom. The van der Waals surface area contributed by atoms with Crippen molar-refractivity contribution in [3.05, 3.63) is 64.0 Å². The van der Waals surface area contributed by atoms with Gasteiger partial charge in [0, 0.05) is 22.0 Å². The summed E-state index contributed by atoms with van der Waals surface area (Å²) in [7, 11) is 0. The zero-order valence-corrected chi connectivity index (χ0v) is 12.2. The average molecular weight is 288 g/mol. The fourth-order valence-corrected chi connectivity index (χ4v) is 3.21. The van der Waals surface area contributed by atoms with Crippen molar-refractivity contribution in [2.45, 2.75) is 13.5 Å². The van der Waals surface area contributed by atoms with Crippen LogP contribution in [0.1, 0.15) is 11.1 Å². The third-order valence-electron chi connectivity index (χ3n) is 3.22. The van der Waals surface area contributed by atoms with Crippen LogP contribution in [0, 0.1) is 6.92 Å². The van der Waals surface area contributed by atoms with E-state index in [0.717, 1.165) is 22.8 Å². The molecule has 0 aliphatic heterocycles. The second-order valence-electron chi connectivity index (χ2n) is 4.57. The van der Waals surface area contributed by atoms with Crippen LogP contribution in [0.5, 0.6) is 0 Å². The van der Waals surface area contributed by atoms with Crippen molar-refractivity contribution in [2.24, 2.45) is 0 Å². The molecule has 0 saturated carbocycles. The van der Waals surface area contributed by atoms with Crippen LogP contribution in [0.4, 0.5) is 5.69 Å². The van der Waals surface area contributed by atoms with Gasteiger partial charge in [0.25, 0.3) is 0 Å². The summed E-state index contributed by atoms with van der Waals surface area (Å²) in [4.78, 5) is 0. The topological polar surface area (TPSA) is 12.0 Å². The van der Waals surface area contributed by atoms with Crippen LogP contribution in [-0.2, 0) is 6.54 Å². The van der Waals surface area contributed by atoms with E-state index < -0.39 is 0 Å². The standard InChI is InChI=1S/C16H14ClNS/c1-11-6-7-13(8-15(11)17)18-9-12-10-19-16-5-3-2-4-14(12)16/h2-8,10,18H,9H2,1H3. The lowest BCUT2D eigenvalue weighted by Crippen LogP contribution is -1.98. The van der Waals surface area contributed by atoms with E-state index in [9.17, 15) is 0 Å². The van der Waals surface area contributed by atoms with Gasteiger partial charge in [-0.3, -0.25) is 0 Å². The first-order chi connectivity index (χ1) is 9.24. The Morgan fingerprint density at radius 3 is 2.84 bits per heavy atom. The van der Waals surface area contributed by atoms with Crippen LogP contribution in [0.25, 0.3) is 10.1 Å². The third kappa shape index (κ3) is 2.60.